The second kappa shape index (κ2) is 10.6. The lowest BCUT2D eigenvalue weighted by atomic mass is 10.3. The molecule has 1 saturated heterocycles. The summed E-state index contributed by atoms with van der Waals surface area (Å²) in [7, 11) is -3.08. The predicted molar refractivity (Wildman–Crippen MR) is 99.8 cm³/mol. The van der Waals surface area contributed by atoms with E-state index < -0.39 is 22.6 Å². The number of rotatable bonds is 7. The monoisotopic (exact) mass is 486 g/mol. The number of hydrogen-bond acceptors (Lipinski definition) is 4. The first-order valence-corrected chi connectivity index (χ1v) is 9.51. The molecule has 144 valence electrons. The molecular formula is C13H26F3IN4O2S. The van der Waals surface area contributed by atoms with Gasteiger partial charge < -0.3 is 10.6 Å². The van der Waals surface area contributed by atoms with Gasteiger partial charge in [0.15, 0.2) is 15.8 Å². The van der Waals surface area contributed by atoms with Gasteiger partial charge in [-0.15, -0.1) is 24.0 Å². The summed E-state index contributed by atoms with van der Waals surface area (Å²) in [6, 6.07) is -0.127. The summed E-state index contributed by atoms with van der Waals surface area (Å²) >= 11 is 0. The van der Waals surface area contributed by atoms with Gasteiger partial charge in [-0.2, -0.15) is 13.2 Å². The van der Waals surface area contributed by atoms with Gasteiger partial charge in [-0.25, -0.2) is 8.42 Å². The lowest BCUT2D eigenvalue weighted by molar-refractivity contribution is -0.143. The van der Waals surface area contributed by atoms with Crippen LogP contribution in [0.2, 0.25) is 0 Å². The maximum atomic E-state index is 12.4. The van der Waals surface area contributed by atoms with Crippen molar-refractivity contribution in [3.05, 3.63) is 0 Å². The summed E-state index contributed by atoms with van der Waals surface area (Å²) < 4.78 is 60.0. The molecule has 1 unspecified atom stereocenters. The number of likely N-dealkylation sites (tertiary alicyclic amines) is 1. The molecule has 0 aromatic rings. The van der Waals surface area contributed by atoms with Crippen LogP contribution in [0.25, 0.3) is 0 Å². The fraction of sp³-hybridized carbons (Fsp3) is 0.923. The number of nitrogens with zero attached hydrogens (tertiary/aromatic N) is 2. The Bertz CT molecular complexity index is 500. The van der Waals surface area contributed by atoms with Crippen LogP contribution >= 0.6 is 24.0 Å². The lowest BCUT2D eigenvalue weighted by Gasteiger charge is -2.19. The molecule has 1 atom stereocenters. The molecule has 0 bridgehead atoms. The zero-order chi connectivity index (χ0) is 17.5. The Labute approximate surface area is 158 Å². The van der Waals surface area contributed by atoms with Crippen LogP contribution in [-0.2, 0) is 9.84 Å². The number of hydrogen-bond donors (Lipinski definition) is 2. The van der Waals surface area contributed by atoms with Gasteiger partial charge in [-0.3, -0.25) is 9.89 Å². The first-order valence-electron chi connectivity index (χ1n) is 7.69. The molecule has 1 aliphatic heterocycles. The second-order valence-corrected chi connectivity index (χ2v) is 7.95. The largest absolute Gasteiger partial charge is 0.401 e. The van der Waals surface area contributed by atoms with Gasteiger partial charge >= 0.3 is 6.18 Å². The molecule has 0 amide bonds. The summed E-state index contributed by atoms with van der Waals surface area (Å²) in [5.74, 6) is 0.476. The molecule has 1 heterocycles. The first-order chi connectivity index (χ1) is 10.6. The Morgan fingerprint density at radius 1 is 1.33 bits per heavy atom. The number of halogens is 4. The van der Waals surface area contributed by atoms with Crippen LogP contribution in [-0.4, -0.2) is 75.7 Å². The third-order valence-corrected chi connectivity index (χ3v) is 5.16. The molecule has 6 nitrogen and oxygen atoms in total. The van der Waals surface area contributed by atoms with E-state index in [2.05, 4.69) is 15.6 Å². The Morgan fingerprint density at radius 2 is 2.00 bits per heavy atom. The number of alkyl halides is 3. The Balaban J connectivity index is 0.00000529. The third-order valence-electron chi connectivity index (χ3n) is 3.47. The van der Waals surface area contributed by atoms with Crippen molar-refractivity contribution in [2.75, 3.05) is 44.2 Å². The minimum Gasteiger partial charge on any atom is -0.357 e. The van der Waals surface area contributed by atoms with E-state index >= 15 is 0 Å². The zero-order valence-electron chi connectivity index (χ0n) is 13.9. The topological polar surface area (TPSA) is 73.8 Å². The van der Waals surface area contributed by atoms with Crippen molar-refractivity contribution in [3.63, 3.8) is 0 Å². The Hall–Kier alpha value is -0.300. The minimum atomic E-state index is -4.19. The molecule has 24 heavy (non-hydrogen) atoms. The molecule has 1 rings (SSSR count). The molecule has 0 aromatic heterocycles. The number of nitrogens with one attached hydrogen (secondary N) is 2. The zero-order valence-corrected chi connectivity index (χ0v) is 17.0. The van der Waals surface area contributed by atoms with Gasteiger partial charge in [-0.1, -0.05) is 6.92 Å². The number of sulfone groups is 1. The fourth-order valence-corrected chi connectivity index (χ4v) is 2.96. The van der Waals surface area contributed by atoms with Crippen LogP contribution in [0.4, 0.5) is 13.2 Å². The van der Waals surface area contributed by atoms with E-state index in [9.17, 15) is 21.6 Å². The van der Waals surface area contributed by atoms with Crippen LogP contribution in [0.15, 0.2) is 4.99 Å². The van der Waals surface area contributed by atoms with Crippen molar-refractivity contribution in [2.24, 2.45) is 4.99 Å². The van der Waals surface area contributed by atoms with Crippen LogP contribution < -0.4 is 10.6 Å². The van der Waals surface area contributed by atoms with E-state index in [-0.39, 0.29) is 54.6 Å². The van der Waals surface area contributed by atoms with E-state index in [0.717, 1.165) is 0 Å². The molecule has 11 heteroatoms. The quantitative estimate of drug-likeness (QED) is 0.322. The highest BCUT2D eigenvalue weighted by Crippen LogP contribution is 2.19. The lowest BCUT2D eigenvalue weighted by Crippen LogP contribution is -2.45. The van der Waals surface area contributed by atoms with Crippen molar-refractivity contribution >= 4 is 39.8 Å². The second-order valence-electron chi connectivity index (χ2n) is 5.48. The first kappa shape index (κ1) is 23.7. The van der Waals surface area contributed by atoms with Crippen LogP contribution in [0.1, 0.15) is 20.3 Å². The molecular weight excluding hydrogens is 460 g/mol. The average molecular weight is 486 g/mol. The van der Waals surface area contributed by atoms with E-state index in [4.69, 9.17) is 0 Å². The molecule has 0 aromatic carbocycles. The molecule has 0 spiro atoms. The third kappa shape index (κ3) is 9.87. The SMILES string of the molecule is CCNC(=NCCS(=O)(=O)CC)NC1CCN(CC(F)(F)F)C1.I. The molecule has 1 fully saturated rings. The summed E-state index contributed by atoms with van der Waals surface area (Å²) in [5, 5.41) is 6.05. The van der Waals surface area contributed by atoms with E-state index in [1.165, 1.54) is 4.90 Å². The fourth-order valence-electron chi connectivity index (χ4n) is 2.30. The highest BCUT2D eigenvalue weighted by molar-refractivity contribution is 14.0. The molecule has 0 radical (unpaired) electrons. The molecule has 0 saturated carbocycles. The smallest absolute Gasteiger partial charge is 0.357 e. The van der Waals surface area contributed by atoms with Crippen molar-refractivity contribution in [1.82, 2.24) is 15.5 Å². The normalized spacial score (nSPS) is 19.9. The Kier molecular flexibility index (Phi) is 10.5. The highest BCUT2D eigenvalue weighted by atomic mass is 127. The number of guanidine groups is 1. The standard InChI is InChI=1S/C13H25F3N4O2S.HI/c1-3-17-12(18-6-8-23(21,22)4-2)19-11-5-7-20(9-11)10-13(14,15)16;/h11H,3-10H2,1-2H3,(H2,17,18,19);1H. The van der Waals surface area contributed by atoms with Gasteiger partial charge in [0.2, 0.25) is 0 Å². The maximum Gasteiger partial charge on any atom is 0.401 e. The van der Waals surface area contributed by atoms with Gasteiger partial charge in [-0.05, 0) is 13.3 Å². The maximum absolute atomic E-state index is 12.4. The van der Waals surface area contributed by atoms with Gasteiger partial charge in [0, 0.05) is 31.4 Å². The minimum absolute atomic E-state index is 0. The molecule has 2 N–H and O–H groups in total. The summed E-state index contributed by atoms with van der Waals surface area (Å²) in [6.07, 6.45) is -3.60. The van der Waals surface area contributed by atoms with Crippen molar-refractivity contribution in [3.8, 4) is 0 Å². The summed E-state index contributed by atoms with van der Waals surface area (Å²) in [4.78, 5) is 5.53. The summed E-state index contributed by atoms with van der Waals surface area (Å²) in [5.41, 5.74) is 0. The van der Waals surface area contributed by atoms with Crippen molar-refractivity contribution in [2.45, 2.75) is 32.5 Å². The average Bonchev–Trinajstić information content (AvgIpc) is 2.83. The number of aliphatic imine (C=N–C) groups is 1. The van der Waals surface area contributed by atoms with Gasteiger partial charge in [0.05, 0.1) is 18.8 Å². The van der Waals surface area contributed by atoms with Crippen LogP contribution in [0.3, 0.4) is 0 Å². The van der Waals surface area contributed by atoms with E-state index in [1.54, 1.807) is 6.92 Å². The molecule has 1 aliphatic rings. The van der Waals surface area contributed by atoms with Gasteiger partial charge in [0.1, 0.15) is 0 Å². The van der Waals surface area contributed by atoms with Crippen LogP contribution in [0, 0.1) is 0 Å². The van der Waals surface area contributed by atoms with E-state index in [1.807, 2.05) is 6.92 Å². The highest BCUT2D eigenvalue weighted by Gasteiger charge is 2.34. The predicted octanol–water partition coefficient (Wildman–Crippen LogP) is 1.23. The van der Waals surface area contributed by atoms with Crippen LogP contribution in [0.5, 0.6) is 0 Å². The summed E-state index contributed by atoms with van der Waals surface area (Å²) in [6.45, 7) is 3.92. The van der Waals surface area contributed by atoms with Crippen molar-refractivity contribution in [1.29, 1.82) is 0 Å². The van der Waals surface area contributed by atoms with Gasteiger partial charge in [0.25, 0.3) is 0 Å². The van der Waals surface area contributed by atoms with Crippen molar-refractivity contribution < 1.29 is 21.6 Å². The van der Waals surface area contributed by atoms with E-state index in [0.29, 0.717) is 25.5 Å². The molecule has 0 aliphatic carbocycles. The Morgan fingerprint density at radius 3 is 2.54 bits per heavy atom.